The average molecular weight is 346 g/mol. The van der Waals surface area contributed by atoms with Gasteiger partial charge in [-0.2, -0.15) is 0 Å². The third kappa shape index (κ3) is 3.07. The molecule has 0 aromatic carbocycles. The zero-order chi connectivity index (χ0) is 17.8. The molecule has 3 unspecified atom stereocenters. The molecule has 3 heterocycles. The van der Waals surface area contributed by atoms with E-state index < -0.39 is 5.79 Å². The fourth-order valence-corrected chi connectivity index (χ4v) is 4.99. The van der Waals surface area contributed by atoms with Gasteiger partial charge in [-0.05, 0) is 58.1 Å². The highest BCUT2D eigenvalue weighted by Gasteiger charge is 2.42. The number of H-pyrrole nitrogens is 1. The summed E-state index contributed by atoms with van der Waals surface area (Å²) in [4.78, 5) is 19.1. The van der Waals surface area contributed by atoms with E-state index in [-0.39, 0.29) is 12.0 Å². The summed E-state index contributed by atoms with van der Waals surface area (Å²) in [6.45, 7) is 11.6. The molecule has 1 aromatic rings. The molecule has 5 heteroatoms. The number of rotatable bonds is 3. The maximum atomic E-state index is 13.2. The predicted octanol–water partition coefficient (Wildman–Crippen LogP) is 2.71. The van der Waals surface area contributed by atoms with E-state index in [1.165, 1.54) is 17.0 Å². The van der Waals surface area contributed by atoms with Gasteiger partial charge in [-0.15, -0.1) is 0 Å². The van der Waals surface area contributed by atoms with Crippen LogP contribution in [0.3, 0.4) is 0 Å². The predicted molar refractivity (Wildman–Crippen MR) is 95.9 cm³/mol. The van der Waals surface area contributed by atoms with Gasteiger partial charge < -0.3 is 14.5 Å². The summed E-state index contributed by atoms with van der Waals surface area (Å²) >= 11 is 0. The van der Waals surface area contributed by atoms with Crippen LogP contribution in [0.15, 0.2) is 0 Å². The molecule has 0 radical (unpaired) electrons. The van der Waals surface area contributed by atoms with Crippen LogP contribution in [0.4, 0.5) is 0 Å². The van der Waals surface area contributed by atoms with Crippen LogP contribution >= 0.6 is 0 Å². The Kier molecular flexibility index (Phi) is 4.29. The number of aryl methyl sites for hydroxylation is 1. The molecule has 2 saturated heterocycles. The number of ketones is 1. The lowest BCUT2D eigenvalue weighted by molar-refractivity contribution is -0.141. The van der Waals surface area contributed by atoms with E-state index in [1.54, 1.807) is 0 Å². The molecule has 1 N–H and O–H groups in total. The number of likely N-dealkylation sites (tertiary alicyclic amines) is 1. The Morgan fingerprint density at radius 3 is 2.84 bits per heavy atom. The number of fused-ring (bicyclic) bond motifs is 2. The van der Waals surface area contributed by atoms with Crippen molar-refractivity contribution in [1.82, 2.24) is 9.88 Å². The van der Waals surface area contributed by atoms with Gasteiger partial charge in [0, 0.05) is 36.0 Å². The average Bonchev–Trinajstić information content (AvgIpc) is 3.06. The van der Waals surface area contributed by atoms with Gasteiger partial charge in [0.1, 0.15) is 0 Å². The van der Waals surface area contributed by atoms with Gasteiger partial charge in [0.15, 0.2) is 11.6 Å². The number of carbonyl (C=O) groups is 1. The number of hydrogen-bond acceptors (Lipinski definition) is 4. The smallest absolute Gasteiger partial charge is 0.169 e. The highest BCUT2D eigenvalue weighted by atomic mass is 16.7. The van der Waals surface area contributed by atoms with Crippen LogP contribution in [-0.2, 0) is 22.3 Å². The van der Waals surface area contributed by atoms with E-state index in [9.17, 15) is 4.79 Å². The minimum Gasteiger partial charge on any atom is -0.362 e. The molecule has 2 fully saturated rings. The van der Waals surface area contributed by atoms with E-state index >= 15 is 0 Å². The van der Waals surface area contributed by atoms with Gasteiger partial charge in [0.25, 0.3) is 0 Å². The number of aromatic nitrogens is 1. The second-order valence-electron chi connectivity index (χ2n) is 8.37. The molecular formula is C20H30N2O3. The minimum atomic E-state index is -0.475. The molecule has 0 spiro atoms. The summed E-state index contributed by atoms with van der Waals surface area (Å²) in [6.07, 6.45) is 3.15. The Morgan fingerprint density at radius 1 is 1.36 bits per heavy atom. The standard InChI is InChI=1S/C20H30N2O3/c1-5-15-12(2)21-17-8-13-6-7-22(10-16(13)19(23)18(15)17)9-14-11-24-20(3,4)25-14/h13-14,16,21H,5-11H2,1-4H3. The molecule has 5 nitrogen and oxygen atoms in total. The number of nitrogens with one attached hydrogen (secondary N) is 1. The molecule has 2 aliphatic heterocycles. The first-order valence-electron chi connectivity index (χ1n) is 9.66. The van der Waals surface area contributed by atoms with Crippen molar-refractivity contribution in [3.63, 3.8) is 0 Å². The van der Waals surface area contributed by atoms with Crippen LogP contribution in [0.25, 0.3) is 0 Å². The monoisotopic (exact) mass is 346 g/mol. The Labute approximate surface area is 150 Å². The molecule has 1 aromatic heterocycles. The summed E-state index contributed by atoms with van der Waals surface area (Å²) in [5, 5.41) is 0. The molecule has 3 atom stereocenters. The molecule has 0 saturated carbocycles. The molecule has 1 aliphatic carbocycles. The quantitative estimate of drug-likeness (QED) is 0.914. The van der Waals surface area contributed by atoms with Crippen molar-refractivity contribution in [1.29, 1.82) is 0 Å². The Bertz CT molecular complexity index is 679. The van der Waals surface area contributed by atoms with Gasteiger partial charge in [-0.3, -0.25) is 9.69 Å². The Balaban J connectivity index is 1.48. The summed E-state index contributed by atoms with van der Waals surface area (Å²) in [5.41, 5.74) is 4.59. The topological polar surface area (TPSA) is 54.6 Å². The SMILES string of the molecule is CCc1c(C)[nH]c2c1C(=O)C1CN(CC3COC(C)(C)O3)CCC1C2. The summed E-state index contributed by atoms with van der Waals surface area (Å²) in [5.74, 6) is 0.506. The molecule has 0 bridgehead atoms. The number of ether oxygens (including phenoxy) is 2. The van der Waals surface area contributed by atoms with Gasteiger partial charge in [0.05, 0.1) is 12.7 Å². The van der Waals surface area contributed by atoms with Crippen LogP contribution in [0, 0.1) is 18.8 Å². The first-order chi connectivity index (χ1) is 11.9. The summed E-state index contributed by atoms with van der Waals surface area (Å²) < 4.78 is 11.6. The van der Waals surface area contributed by atoms with E-state index in [4.69, 9.17) is 9.47 Å². The number of carbonyl (C=O) groups excluding carboxylic acids is 1. The number of aromatic amines is 1. The third-order valence-electron chi connectivity index (χ3n) is 6.17. The van der Waals surface area contributed by atoms with Crippen molar-refractivity contribution < 1.29 is 14.3 Å². The van der Waals surface area contributed by atoms with Crippen molar-refractivity contribution in [2.45, 2.75) is 58.8 Å². The largest absolute Gasteiger partial charge is 0.362 e. The van der Waals surface area contributed by atoms with Crippen LogP contribution in [0.5, 0.6) is 0 Å². The van der Waals surface area contributed by atoms with Gasteiger partial charge in [-0.25, -0.2) is 0 Å². The second kappa shape index (κ2) is 6.22. The lowest BCUT2D eigenvalue weighted by atomic mass is 9.72. The zero-order valence-corrected chi connectivity index (χ0v) is 15.9. The Hall–Kier alpha value is -1.17. The molecule has 138 valence electrons. The highest BCUT2D eigenvalue weighted by Crippen LogP contribution is 2.38. The number of hydrogen-bond donors (Lipinski definition) is 1. The van der Waals surface area contributed by atoms with E-state index in [1.807, 2.05) is 13.8 Å². The van der Waals surface area contributed by atoms with Gasteiger partial charge >= 0.3 is 0 Å². The van der Waals surface area contributed by atoms with Crippen LogP contribution in [0.2, 0.25) is 0 Å². The fraction of sp³-hybridized carbons (Fsp3) is 0.750. The number of piperidine rings is 1. The van der Waals surface area contributed by atoms with E-state index in [0.29, 0.717) is 18.3 Å². The maximum absolute atomic E-state index is 13.2. The van der Waals surface area contributed by atoms with Crippen molar-refractivity contribution in [3.05, 3.63) is 22.5 Å². The normalized spacial score (nSPS) is 31.8. The molecule has 4 rings (SSSR count). The lowest BCUT2D eigenvalue weighted by Gasteiger charge is -2.41. The van der Waals surface area contributed by atoms with Crippen LogP contribution in [0.1, 0.15) is 54.5 Å². The van der Waals surface area contributed by atoms with Crippen LogP contribution in [-0.4, -0.2) is 53.8 Å². The first kappa shape index (κ1) is 17.3. The van der Waals surface area contributed by atoms with Crippen molar-refractivity contribution in [2.24, 2.45) is 11.8 Å². The molecular weight excluding hydrogens is 316 g/mol. The van der Waals surface area contributed by atoms with E-state index in [0.717, 1.165) is 44.5 Å². The number of Topliss-reactive ketones (excluding diaryl/α,β-unsaturated/α-hetero) is 1. The highest BCUT2D eigenvalue weighted by molar-refractivity contribution is 6.02. The zero-order valence-electron chi connectivity index (χ0n) is 15.9. The Morgan fingerprint density at radius 2 is 2.16 bits per heavy atom. The van der Waals surface area contributed by atoms with Gasteiger partial charge in [-0.1, -0.05) is 6.92 Å². The molecule has 3 aliphatic rings. The van der Waals surface area contributed by atoms with E-state index in [2.05, 4.69) is 23.7 Å². The second-order valence-corrected chi connectivity index (χ2v) is 8.37. The lowest BCUT2D eigenvalue weighted by Crippen LogP contribution is -2.49. The van der Waals surface area contributed by atoms with Crippen molar-refractivity contribution in [3.8, 4) is 0 Å². The first-order valence-corrected chi connectivity index (χ1v) is 9.66. The third-order valence-corrected chi connectivity index (χ3v) is 6.17. The summed E-state index contributed by atoms with van der Waals surface area (Å²) in [6, 6.07) is 0. The fourth-order valence-electron chi connectivity index (χ4n) is 4.99. The van der Waals surface area contributed by atoms with Crippen molar-refractivity contribution >= 4 is 5.78 Å². The molecule has 25 heavy (non-hydrogen) atoms. The van der Waals surface area contributed by atoms with Crippen molar-refractivity contribution in [2.75, 3.05) is 26.2 Å². The number of nitrogens with zero attached hydrogens (tertiary/aromatic N) is 1. The minimum absolute atomic E-state index is 0.113. The maximum Gasteiger partial charge on any atom is 0.169 e. The summed E-state index contributed by atoms with van der Waals surface area (Å²) in [7, 11) is 0. The molecule has 0 amide bonds. The van der Waals surface area contributed by atoms with Gasteiger partial charge in [0.2, 0.25) is 0 Å². The van der Waals surface area contributed by atoms with Crippen LogP contribution < -0.4 is 0 Å².